The Balaban J connectivity index is 2.97. The van der Waals surface area contributed by atoms with Gasteiger partial charge < -0.3 is 19.3 Å². The second-order valence-corrected chi connectivity index (χ2v) is 7.06. The van der Waals surface area contributed by atoms with Crippen LogP contribution in [0, 0.1) is 5.92 Å². The van der Waals surface area contributed by atoms with Gasteiger partial charge in [0.25, 0.3) is 0 Å². The summed E-state index contributed by atoms with van der Waals surface area (Å²) in [5, 5.41) is 9.82. The minimum Gasteiger partial charge on any atom is -0.467 e. The Bertz CT molecular complexity index is 423. The van der Waals surface area contributed by atoms with Crippen LogP contribution in [0.5, 0.6) is 0 Å². The molecule has 0 unspecified atom stereocenters. The highest BCUT2D eigenvalue weighted by Gasteiger charge is 2.49. The molecule has 0 spiro atoms. The standard InChI is InChI=1S/C15H27NO6/c1-9-10(21-15(5,6)19)8-16(11(9)12(17)20-7)13(18)22-14(2,3)4/h9-11,19H,8H2,1-7H3/t9-,10-,11-/m0/s1. The van der Waals surface area contributed by atoms with E-state index in [1.807, 2.05) is 0 Å². The summed E-state index contributed by atoms with van der Waals surface area (Å²) >= 11 is 0. The zero-order valence-electron chi connectivity index (χ0n) is 14.4. The number of aliphatic hydroxyl groups is 1. The number of rotatable bonds is 3. The largest absolute Gasteiger partial charge is 0.467 e. The van der Waals surface area contributed by atoms with Gasteiger partial charge in [0.05, 0.1) is 19.8 Å². The molecule has 0 bridgehead atoms. The first-order valence-electron chi connectivity index (χ1n) is 7.33. The Kier molecular flexibility index (Phi) is 5.46. The number of carbonyl (C=O) groups is 2. The number of nitrogens with zero attached hydrogens (tertiary/aromatic N) is 1. The minimum absolute atomic E-state index is 0.153. The fourth-order valence-corrected chi connectivity index (χ4v) is 2.45. The smallest absolute Gasteiger partial charge is 0.411 e. The molecule has 3 atom stereocenters. The Morgan fingerprint density at radius 3 is 2.14 bits per heavy atom. The SMILES string of the molecule is COC(=O)[C@@H]1[C@@H](C)[C@@H](OC(C)(C)O)CN1C(=O)OC(C)(C)C. The number of esters is 1. The van der Waals surface area contributed by atoms with Gasteiger partial charge in [-0.3, -0.25) is 4.90 Å². The molecule has 1 fully saturated rings. The van der Waals surface area contributed by atoms with Crippen molar-refractivity contribution in [3.63, 3.8) is 0 Å². The van der Waals surface area contributed by atoms with Gasteiger partial charge in [0.15, 0.2) is 5.79 Å². The van der Waals surface area contributed by atoms with Crippen LogP contribution in [0.25, 0.3) is 0 Å². The summed E-state index contributed by atoms with van der Waals surface area (Å²) in [6, 6.07) is -0.799. The molecular weight excluding hydrogens is 290 g/mol. The molecule has 1 amide bonds. The second kappa shape index (κ2) is 6.42. The maximum Gasteiger partial charge on any atom is 0.411 e. The van der Waals surface area contributed by atoms with Gasteiger partial charge in [-0.2, -0.15) is 0 Å². The molecule has 1 aliphatic rings. The molecule has 22 heavy (non-hydrogen) atoms. The van der Waals surface area contributed by atoms with E-state index in [2.05, 4.69) is 0 Å². The van der Waals surface area contributed by atoms with Crippen molar-refractivity contribution < 1.29 is 28.9 Å². The molecule has 0 radical (unpaired) electrons. The van der Waals surface area contributed by atoms with Gasteiger partial charge in [0.2, 0.25) is 0 Å². The van der Waals surface area contributed by atoms with Crippen LogP contribution < -0.4 is 0 Å². The van der Waals surface area contributed by atoms with Crippen molar-refractivity contribution in [2.24, 2.45) is 5.92 Å². The molecule has 0 aromatic carbocycles. The van der Waals surface area contributed by atoms with Crippen molar-refractivity contribution in [3.05, 3.63) is 0 Å². The molecular formula is C15H27NO6. The quantitative estimate of drug-likeness (QED) is 0.627. The van der Waals surface area contributed by atoms with Gasteiger partial charge in [0.1, 0.15) is 11.6 Å². The number of ether oxygens (including phenoxy) is 3. The zero-order chi connectivity index (χ0) is 17.3. The zero-order valence-corrected chi connectivity index (χ0v) is 14.4. The van der Waals surface area contributed by atoms with Crippen LogP contribution >= 0.6 is 0 Å². The third-order valence-electron chi connectivity index (χ3n) is 3.31. The summed E-state index contributed by atoms with van der Waals surface area (Å²) in [6.07, 6.45) is -1.09. The molecule has 7 nitrogen and oxygen atoms in total. The highest BCUT2D eigenvalue weighted by Crippen LogP contribution is 2.31. The Morgan fingerprint density at radius 2 is 1.73 bits per heavy atom. The fourth-order valence-electron chi connectivity index (χ4n) is 2.45. The van der Waals surface area contributed by atoms with E-state index in [4.69, 9.17) is 14.2 Å². The van der Waals surface area contributed by atoms with Crippen LogP contribution in [-0.4, -0.2) is 59.3 Å². The van der Waals surface area contributed by atoms with Gasteiger partial charge >= 0.3 is 12.1 Å². The lowest BCUT2D eigenvalue weighted by molar-refractivity contribution is -0.209. The summed E-state index contributed by atoms with van der Waals surface area (Å²) in [5.74, 6) is -2.21. The summed E-state index contributed by atoms with van der Waals surface area (Å²) in [5.41, 5.74) is -0.670. The molecule has 0 aromatic rings. The predicted octanol–water partition coefficient (Wildman–Crippen LogP) is 1.53. The Labute approximate surface area is 131 Å². The molecule has 1 rings (SSSR count). The number of amides is 1. The van der Waals surface area contributed by atoms with E-state index in [9.17, 15) is 14.7 Å². The number of hydrogen-bond donors (Lipinski definition) is 1. The van der Waals surface area contributed by atoms with Gasteiger partial charge in [-0.25, -0.2) is 9.59 Å². The summed E-state index contributed by atoms with van der Waals surface area (Å²) in [7, 11) is 1.27. The fraction of sp³-hybridized carbons (Fsp3) is 0.867. The van der Waals surface area contributed by atoms with E-state index >= 15 is 0 Å². The van der Waals surface area contributed by atoms with E-state index in [-0.39, 0.29) is 12.5 Å². The van der Waals surface area contributed by atoms with E-state index in [0.29, 0.717) is 0 Å². The van der Waals surface area contributed by atoms with Crippen LogP contribution in [0.2, 0.25) is 0 Å². The van der Waals surface area contributed by atoms with Crippen molar-refractivity contribution in [3.8, 4) is 0 Å². The van der Waals surface area contributed by atoms with Crippen molar-refractivity contribution >= 4 is 12.1 Å². The first kappa shape index (κ1) is 18.7. The molecule has 1 N–H and O–H groups in total. The van der Waals surface area contributed by atoms with E-state index in [1.165, 1.54) is 25.9 Å². The lowest BCUT2D eigenvalue weighted by Gasteiger charge is -2.28. The minimum atomic E-state index is -1.36. The maximum absolute atomic E-state index is 12.3. The van der Waals surface area contributed by atoms with Crippen LogP contribution in [0.4, 0.5) is 4.79 Å². The van der Waals surface area contributed by atoms with Gasteiger partial charge in [0, 0.05) is 5.92 Å². The monoisotopic (exact) mass is 317 g/mol. The molecule has 1 heterocycles. The van der Waals surface area contributed by atoms with Crippen molar-refractivity contribution in [2.75, 3.05) is 13.7 Å². The van der Waals surface area contributed by atoms with Crippen molar-refractivity contribution in [1.82, 2.24) is 4.90 Å². The Hall–Kier alpha value is -1.34. The van der Waals surface area contributed by atoms with Crippen LogP contribution in [0.1, 0.15) is 41.5 Å². The third kappa shape index (κ3) is 4.84. The van der Waals surface area contributed by atoms with Crippen molar-refractivity contribution in [1.29, 1.82) is 0 Å². The molecule has 0 saturated carbocycles. The highest BCUT2D eigenvalue weighted by atomic mass is 16.6. The van der Waals surface area contributed by atoms with Crippen LogP contribution in [0.15, 0.2) is 0 Å². The van der Waals surface area contributed by atoms with E-state index in [0.717, 1.165) is 0 Å². The molecule has 0 aromatic heterocycles. The third-order valence-corrected chi connectivity index (χ3v) is 3.31. The molecule has 128 valence electrons. The molecule has 1 saturated heterocycles. The lowest BCUT2D eigenvalue weighted by Crippen LogP contribution is -2.45. The first-order chi connectivity index (χ1) is 9.85. The normalized spacial score (nSPS) is 26.0. The van der Waals surface area contributed by atoms with Gasteiger partial charge in [-0.1, -0.05) is 6.92 Å². The van der Waals surface area contributed by atoms with E-state index in [1.54, 1.807) is 27.7 Å². The Morgan fingerprint density at radius 1 is 1.18 bits per heavy atom. The van der Waals surface area contributed by atoms with Crippen LogP contribution in [-0.2, 0) is 19.0 Å². The summed E-state index contributed by atoms with van der Waals surface area (Å²) in [6.45, 7) is 10.2. The first-order valence-corrected chi connectivity index (χ1v) is 7.33. The summed E-state index contributed by atoms with van der Waals surface area (Å²) < 4.78 is 15.7. The van der Waals surface area contributed by atoms with Crippen LogP contribution in [0.3, 0.4) is 0 Å². The average molecular weight is 317 g/mol. The van der Waals surface area contributed by atoms with E-state index < -0.39 is 35.6 Å². The molecule has 1 aliphatic heterocycles. The van der Waals surface area contributed by atoms with Gasteiger partial charge in [-0.05, 0) is 34.6 Å². The van der Waals surface area contributed by atoms with Gasteiger partial charge in [-0.15, -0.1) is 0 Å². The number of hydrogen-bond acceptors (Lipinski definition) is 6. The number of carbonyl (C=O) groups excluding carboxylic acids is 2. The lowest BCUT2D eigenvalue weighted by atomic mass is 10.0. The number of methoxy groups -OCH3 is 1. The predicted molar refractivity (Wildman–Crippen MR) is 79.1 cm³/mol. The molecule has 0 aliphatic carbocycles. The topological polar surface area (TPSA) is 85.3 Å². The summed E-state index contributed by atoms with van der Waals surface area (Å²) in [4.78, 5) is 25.7. The molecule has 7 heteroatoms. The van der Waals surface area contributed by atoms with Crippen molar-refractivity contribution in [2.45, 2.75) is 65.1 Å². The average Bonchev–Trinajstić information content (AvgIpc) is 2.62. The maximum atomic E-state index is 12.3. The highest BCUT2D eigenvalue weighted by molar-refractivity contribution is 5.82. The number of likely N-dealkylation sites (tertiary alicyclic amines) is 1. The second-order valence-electron chi connectivity index (χ2n) is 7.06.